The van der Waals surface area contributed by atoms with Crippen LogP contribution in [0.15, 0.2) is 84.9 Å². The van der Waals surface area contributed by atoms with Crippen LogP contribution in [0.3, 0.4) is 0 Å². The molecule has 0 bridgehead atoms. The number of rotatable bonds is 13. The fraction of sp³-hybridized carbons (Fsp3) is 0.229. The van der Waals surface area contributed by atoms with Crippen LogP contribution in [0, 0.1) is 27.0 Å². The van der Waals surface area contributed by atoms with E-state index in [4.69, 9.17) is 4.74 Å². The van der Waals surface area contributed by atoms with Crippen molar-refractivity contribution in [3.8, 4) is 16.9 Å². The van der Waals surface area contributed by atoms with E-state index in [2.05, 4.69) is 17.2 Å². The highest BCUT2D eigenvalue weighted by Crippen LogP contribution is 2.42. The maximum absolute atomic E-state index is 15.3. The number of hydrogen-bond donors (Lipinski definition) is 0. The second-order valence-corrected chi connectivity index (χ2v) is 14.6. The van der Waals surface area contributed by atoms with Gasteiger partial charge in [-0.2, -0.15) is 0 Å². The van der Waals surface area contributed by atoms with E-state index < -0.39 is 47.6 Å². The lowest BCUT2D eigenvalue weighted by Crippen LogP contribution is -2.24. The number of carbonyl (C=O) groups is 1. The zero-order valence-electron chi connectivity index (χ0n) is 25.4. The van der Waals surface area contributed by atoms with E-state index >= 15 is 17.6 Å². The van der Waals surface area contributed by atoms with Gasteiger partial charge in [0, 0.05) is 21.5 Å². The third-order valence-corrected chi connectivity index (χ3v) is 11.8. The van der Waals surface area contributed by atoms with Crippen LogP contribution in [0.5, 0.6) is 0 Å². The van der Waals surface area contributed by atoms with Gasteiger partial charge < -0.3 is 9.30 Å². The van der Waals surface area contributed by atoms with E-state index in [1.54, 1.807) is 71.1 Å². The number of unbranched alkanes of at least 4 members (excludes halogenated alkanes) is 5. The van der Waals surface area contributed by atoms with Crippen molar-refractivity contribution in [3.05, 3.63) is 117 Å². The Morgan fingerprint density at radius 2 is 1.26 bits per heavy atom. The molecule has 47 heavy (non-hydrogen) atoms. The van der Waals surface area contributed by atoms with Gasteiger partial charge in [0.15, 0.2) is 30.4 Å². The molecule has 0 saturated heterocycles. The third-order valence-electron chi connectivity index (χ3n) is 7.75. The van der Waals surface area contributed by atoms with Crippen molar-refractivity contribution in [1.82, 2.24) is 15.0 Å². The van der Waals surface area contributed by atoms with Crippen LogP contribution in [0.25, 0.3) is 16.9 Å². The lowest BCUT2D eigenvalue weighted by Gasteiger charge is -2.20. The van der Waals surface area contributed by atoms with Gasteiger partial charge in [-0.25, -0.2) is 27.0 Å². The number of hydrogen-bond acceptors (Lipinski definition) is 5. The smallest absolute Gasteiger partial charge is 0.344 e. The molecule has 0 aliphatic heterocycles. The molecule has 0 N–H and O–H groups in total. The van der Waals surface area contributed by atoms with Crippen LogP contribution in [-0.2, 0) is 9.30 Å². The number of ether oxygens (including phenoxy) is 1. The van der Waals surface area contributed by atoms with E-state index in [1.165, 1.54) is 0 Å². The van der Waals surface area contributed by atoms with Crippen molar-refractivity contribution < 1.29 is 31.7 Å². The minimum atomic E-state index is -3.26. The molecule has 0 aliphatic carbocycles. The number of nitrogens with zero attached hydrogens (tertiary/aromatic N) is 3. The summed E-state index contributed by atoms with van der Waals surface area (Å²) in [6.45, 7) is 1.94. The Balaban J connectivity index is 1.42. The fourth-order valence-corrected chi connectivity index (χ4v) is 8.65. The molecule has 0 amide bonds. The molecule has 5 rings (SSSR count). The lowest BCUT2D eigenvalue weighted by atomic mass is 10.1. The monoisotopic (exact) mass is 775 g/mol. The summed E-state index contributed by atoms with van der Waals surface area (Å²) in [5.74, 6) is -8.89. The molecular formula is C35H31F4IN3O3P. The Labute approximate surface area is 283 Å². The average molecular weight is 776 g/mol. The zero-order chi connectivity index (χ0) is 33.6. The van der Waals surface area contributed by atoms with Crippen LogP contribution in [0.1, 0.15) is 55.8 Å². The highest BCUT2D eigenvalue weighted by molar-refractivity contribution is 14.1. The Kier molecular flexibility index (Phi) is 11.3. The molecule has 0 fully saturated rings. The molecule has 0 spiro atoms. The maximum atomic E-state index is 15.3. The summed E-state index contributed by atoms with van der Waals surface area (Å²) >= 11 is 1.71. The van der Waals surface area contributed by atoms with Gasteiger partial charge in [0.05, 0.1) is 6.61 Å². The molecule has 12 heteroatoms. The van der Waals surface area contributed by atoms with E-state index in [-0.39, 0.29) is 16.0 Å². The molecule has 0 aliphatic rings. The van der Waals surface area contributed by atoms with Crippen LogP contribution >= 0.6 is 29.7 Å². The van der Waals surface area contributed by atoms with E-state index in [0.717, 1.165) is 32.1 Å². The van der Waals surface area contributed by atoms with Gasteiger partial charge in [-0.3, -0.25) is 0 Å². The summed E-state index contributed by atoms with van der Waals surface area (Å²) in [6, 6.07) is 24.8. The van der Waals surface area contributed by atoms with Gasteiger partial charge in [-0.05, 0) is 29.0 Å². The second kappa shape index (κ2) is 15.4. The fourth-order valence-electron chi connectivity index (χ4n) is 5.25. The Morgan fingerprint density at radius 3 is 1.81 bits per heavy atom. The normalized spacial score (nSPS) is 11.5. The van der Waals surface area contributed by atoms with Gasteiger partial charge in [-0.15, -0.1) is 5.10 Å². The molecule has 4 aromatic carbocycles. The molecule has 1 heterocycles. The molecule has 1 aromatic heterocycles. The van der Waals surface area contributed by atoms with Gasteiger partial charge in [-0.1, -0.05) is 129 Å². The van der Waals surface area contributed by atoms with Gasteiger partial charge in [0.1, 0.15) is 20.6 Å². The van der Waals surface area contributed by atoms with Crippen molar-refractivity contribution >= 4 is 51.6 Å². The lowest BCUT2D eigenvalue weighted by molar-refractivity contribution is 0.0483. The third kappa shape index (κ3) is 7.06. The first-order valence-corrected chi connectivity index (χ1v) is 18.0. The Bertz CT molecular complexity index is 1830. The summed E-state index contributed by atoms with van der Waals surface area (Å²) in [4.78, 5) is 12.4. The first kappa shape index (κ1) is 34.5. The van der Waals surface area contributed by atoms with Crippen molar-refractivity contribution in [2.75, 3.05) is 6.61 Å². The minimum absolute atomic E-state index is 0.0413. The molecule has 6 nitrogen and oxygen atoms in total. The Hall–Kier alpha value is -3.83. The number of benzene rings is 4. The summed E-state index contributed by atoms with van der Waals surface area (Å²) in [6.07, 6.45) is 5.28. The Morgan fingerprint density at radius 1 is 0.745 bits per heavy atom. The van der Waals surface area contributed by atoms with Crippen molar-refractivity contribution in [1.29, 1.82) is 0 Å². The topological polar surface area (TPSA) is 74.1 Å². The largest absolute Gasteiger partial charge is 0.462 e. The molecule has 5 aromatic rings. The van der Waals surface area contributed by atoms with E-state index in [0.29, 0.717) is 32.6 Å². The summed E-state index contributed by atoms with van der Waals surface area (Å²) in [7, 11) is -3.26. The van der Waals surface area contributed by atoms with Crippen molar-refractivity contribution in [3.63, 3.8) is 0 Å². The maximum Gasteiger partial charge on any atom is 0.344 e. The number of halogens is 5. The van der Waals surface area contributed by atoms with E-state index in [1.807, 2.05) is 36.4 Å². The van der Waals surface area contributed by atoms with Gasteiger partial charge in [0.2, 0.25) is 0 Å². The molecule has 244 valence electrons. The van der Waals surface area contributed by atoms with E-state index in [9.17, 15) is 9.36 Å². The van der Waals surface area contributed by atoms with Crippen LogP contribution < -0.4 is 15.9 Å². The van der Waals surface area contributed by atoms with Gasteiger partial charge >= 0.3 is 5.97 Å². The molecule has 0 radical (unpaired) electrons. The molecule has 0 saturated carbocycles. The molecule has 0 atom stereocenters. The first-order chi connectivity index (χ1) is 22.7. The minimum Gasteiger partial charge on any atom is -0.462 e. The predicted octanol–water partition coefficient (Wildman–Crippen LogP) is 8.25. The average Bonchev–Trinajstić information content (AvgIpc) is 3.48. The highest BCUT2D eigenvalue weighted by atomic mass is 127. The SMILES string of the molecule is CCCCCCCCOC(=O)c1c(F)c(F)c(-n2nnc(-c3ccc(P(=O)(c4ccccc4)c4ccccc4)cc3)c2I)c(F)c1F. The van der Waals surface area contributed by atoms with Crippen LogP contribution in [0.4, 0.5) is 17.6 Å². The summed E-state index contributed by atoms with van der Waals surface area (Å²) < 4.78 is 81.0. The predicted molar refractivity (Wildman–Crippen MR) is 182 cm³/mol. The quantitative estimate of drug-likeness (QED) is 0.0301. The second-order valence-electron chi connectivity index (χ2n) is 10.9. The molecule has 0 unspecified atom stereocenters. The number of aromatic nitrogens is 3. The van der Waals surface area contributed by atoms with Crippen LogP contribution in [0.2, 0.25) is 0 Å². The number of esters is 1. The van der Waals surface area contributed by atoms with Crippen molar-refractivity contribution in [2.45, 2.75) is 45.4 Å². The summed E-state index contributed by atoms with van der Waals surface area (Å²) in [5, 5.41) is 9.61. The standard InChI is InChI=1S/C35H31F4IN3O3P/c1-2-3-4-5-6-13-22-46-35(44)27-28(36)30(38)33(31(39)29(27)37)43-34(40)32(41-42-43)23-18-20-26(21-19-23)47(45,24-14-9-7-10-15-24)25-16-11-8-12-17-25/h7-12,14-21H,2-6,13,22H2,1H3. The van der Waals surface area contributed by atoms with Crippen LogP contribution in [-0.4, -0.2) is 27.6 Å². The highest BCUT2D eigenvalue weighted by Gasteiger charge is 2.33. The van der Waals surface area contributed by atoms with Gasteiger partial charge in [0.25, 0.3) is 0 Å². The number of carbonyl (C=O) groups excluding carboxylic acids is 1. The first-order valence-electron chi connectivity index (χ1n) is 15.2. The van der Waals surface area contributed by atoms with Crippen molar-refractivity contribution in [2.24, 2.45) is 0 Å². The zero-order valence-corrected chi connectivity index (χ0v) is 28.5. The summed E-state index contributed by atoms with van der Waals surface area (Å²) in [5.41, 5.74) is -1.99. The molecular weight excluding hydrogens is 744 g/mol.